The Balaban J connectivity index is 1.85. The van der Waals surface area contributed by atoms with Crippen molar-refractivity contribution in [2.75, 3.05) is 12.4 Å². The summed E-state index contributed by atoms with van der Waals surface area (Å²) in [4.78, 5) is 25.9. The molecule has 1 aliphatic rings. The van der Waals surface area contributed by atoms with Crippen molar-refractivity contribution in [2.24, 2.45) is 17.1 Å². The van der Waals surface area contributed by atoms with E-state index < -0.39 is 5.91 Å². The van der Waals surface area contributed by atoms with E-state index in [4.69, 9.17) is 33.7 Å². The largest absolute Gasteiger partial charge is 0.495 e. The number of amides is 2. The number of nitrogens with two attached hydrogens (primary N) is 1. The Bertz CT molecular complexity index is 1050. The predicted octanol–water partition coefficient (Wildman–Crippen LogP) is 5.97. The van der Waals surface area contributed by atoms with Crippen LogP contribution in [-0.4, -0.2) is 18.9 Å². The number of hydrogen-bond acceptors (Lipinski definition) is 4. The molecule has 1 aromatic carbocycles. The Morgan fingerprint density at radius 1 is 1.29 bits per heavy atom. The number of carbonyl (C=O) groups is 2. The highest BCUT2D eigenvalue weighted by Gasteiger charge is 2.33. The minimum atomic E-state index is -0.519. The molecule has 0 radical (unpaired) electrons. The van der Waals surface area contributed by atoms with Gasteiger partial charge in [-0.2, -0.15) is 0 Å². The van der Waals surface area contributed by atoms with E-state index in [0.29, 0.717) is 37.8 Å². The minimum absolute atomic E-state index is 0.179. The lowest BCUT2D eigenvalue weighted by Gasteiger charge is -2.33. The maximum atomic E-state index is 12.6. The molecule has 5 nitrogen and oxygen atoms in total. The fourth-order valence-corrected chi connectivity index (χ4v) is 5.83. The van der Waals surface area contributed by atoms with Crippen LogP contribution in [-0.2, 0) is 17.6 Å². The van der Waals surface area contributed by atoms with Gasteiger partial charge in [-0.25, -0.2) is 0 Å². The van der Waals surface area contributed by atoms with Crippen molar-refractivity contribution in [1.29, 1.82) is 0 Å². The molecule has 0 unspecified atom stereocenters. The molecule has 1 aromatic heterocycles. The van der Waals surface area contributed by atoms with Crippen LogP contribution in [0.1, 0.15) is 53.6 Å². The molecule has 8 heteroatoms. The molecule has 3 rings (SSSR count). The summed E-state index contributed by atoms with van der Waals surface area (Å²) in [5, 5.41) is 4.11. The number of thiophene rings is 1. The van der Waals surface area contributed by atoms with Crippen molar-refractivity contribution in [2.45, 2.75) is 40.0 Å². The highest BCUT2D eigenvalue weighted by Crippen LogP contribution is 2.44. The van der Waals surface area contributed by atoms with Crippen LogP contribution in [0, 0.1) is 11.3 Å². The summed E-state index contributed by atoms with van der Waals surface area (Å²) in [6.45, 7) is 6.69. The summed E-state index contributed by atoms with van der Waals surface area (Å²) in [6, 6.07) is 3.22. The van der Waals surface area contributed by atoms with Gasteiger partial charge < -0.3 is 15.8 Å². The van der Waals surface area contributed by atoms with E-state index in [1.165, 1.54) is 24.5 Å². The second-order valence-electron chi connectivity index (χ2n) is 8.71. The number of fused-ring (bicyclic) bond motifs is 1. The topological polar surface area (TPSA) is 81.4 Å². The third-order valence-electron chi connectivity index (χ3n) is 5.63. The lowest BCUT2D eigenvalue weighted by molar-refractivity contribution is -0.111. The number of rotatable bonds is 5. The van der Waals surface area contributed by atoms with Crippen molar-refractivity contribution < 1.29 is 14.3 Å². The summed E-state index contributed by atoms with van der Waals surface area (Å²) in [5.74, 6) is 0.0384. The molecule has 0 bridgehead atoms. The van der Waals surface area contributed by atoms with Gasteiger partial charge in [0.25, 0.3) is 5.91 Å². The second kappa shape index (κ2) is 9.23. The van der Waals surface area contributed by atoms with E-state index in [9.17, 15) is 9.59 Å². The number of ether oxygens (including phenoxy) is 1. The zero-order valence-corrected chi connectivity index (χ0v) is 20.3. The van der Waals surface area contributed by atoms with Crippen LogP contribution in [0.3, 0.4) is 0 Å². The van der Waals surface area contributed by atoms with Crippen LogP contribution >= 0.6 is 34.5 Å². The van der Waals surface area contributed by atoms with Crippen molar-refractivity contribution >= 4 is 57.4 Å². The highest BCUT2D eigenvalue weighted by molar-refractivity contribution is 7.17. The molecule has 1 heterocycles. The molecule has 2 aromatic rings. The molecule has 0 aliphatic heterocycles. The SMILES string of the molecule is COc1c(Cl)cc(Cl)cc1/C=C/C(=O)Nc1sc2c(c1C(N)=O)CC[C@H](C(C)(C)C)C2. The Hall–Kier alpha value is -2.02. The average molecular weight is 481 g/mol. The van der Waals surface area contributed by atoms with Crippen molar-refractivity contribution in [1.82, 2.24) is 0 Å². The van der Waals surface area contributed by atoms with Gasteiger partial charge in [-0.15, -0.1) is 11.3 Å². The summed E-state index contributed by atoms with van der Waals surface area (Å²) in [5.41, 5.74) is 7.82. The van der Waals surface area contributed by atoms with E-state index in [0.717, 1.165) is 29.7 Å². The lowest BCUT2D eigenvalue weighted by atomic mass is 9.72. The molecule has 3 N–H and O–H groups in total. The maximum absolute atomic E-state index is 12.6. The van der Waals surface area contributed by atoms with Crippen LogP contribution in [0.5, 0.6) is 5.75 Å². The Morgan fingerprint density at radius 3 is 2.61 bits per heavy atom. The van der Waals surface area contributed by atoms with Gasteiger partial charge in [0.1, 0.15) is 10.8 Å². The summed E-state index contributed by atoms with van der Waals surface area (Å²) in [7, 11) is 1.49. The van der Waals surface area contributed by atoms with Gasteiger partial charge in [-0.3, -0.25) is 9.59 Å². The molecule has 166 valence electrons. The van der Waals surface area contributed by atoms with Gasteiger partial charge in [0.2, 0.25) is 5.91 Å². The molecular formula is C23H26Cl2N2O3S. The van der Waals surface area contributed by atoms with Crippen LogP contribution in [0.4, 0.5) is 5.00 Å². The number of methoxy groups -OCH3 is 1. The van der Waals surface area contributed by atoms with E-state index >= 15 is 0 Å². The third kappa shape index (κ3) is 5.25. The number of primary amides is 1. The molecular weight excluding hydrogens is 455 g/mol. The third-order valence-corrected chi connectivity index (χ3v) is 7.30. The number of carbonyl (C=O) groups excluding carboxylic acids is 2. The molecule has 0 saturated carbocycles. The highest BCUT2D eigenvalue weighted by atomic mass is 35.5. The van der Waals surface area contributed by atoms with E-state index in [2.05, 4.69) is 26.1 Å². The molecule has 1 aliphatic carbocycles. The molecule has 0 fully saturated rings. The first-order valence-electron chi connectivity index (χ1n) is 9.97. The van der Waals surface area contributed by atoms with Gasteiger partial charge >= 0.3 is 0 Å². The number of halogens is 2. The molecule has 31 heavy (non-hydrogen) atoms. The Kier molecular flexibility index (Phi) is 7.04. The zero-order valence-electron chi connectivity index (χ0n) is 18.0. The van der Waals surface area contributed by atoms with E-state index in [1.54, 1.807) is 18.2 Å². The van der Waals surface area contributed by atoms with Crippen molar-refractivity contribution in [3.8, 4) is 5.75 Å². The zero-order chi connectivity index (χ0) is 22.9. The summed E-state index contributed by atoms with van der Waals surface area (Å²) < 4.78 is 5.29. The van der Waals surface area contributed by atoms with Crippen molar-refractivity contribution in [3.05, 3.63) is 49.8 Å². The number of anilines is 1. The molecule has 1 atom stereocenters. The first-order chi connectivity index (χ1) is 14.5. The van der Waals surface area contributed by atoms with E-state index in [1.807, 2.05) is 0 Å². The van der Waals surface area contributed by atoms with Gasteiger partial charge in [-0.05, 0) is 54.4 Å². The van der Waals surface area contributed by atoms with Gasteiger partial charge in [0, 0.05) is 21.5 Å². The first-order valence-corrected chi connectivity index (χ1v) is 11.5. The Morgan fingerprint density at radius 2 is 2.00 bits per heavy atom. The normalized spacial score (nSPS) is 16.3. The van der Waals surface area contributed by atoms with Crippen LogP contribution in [0.25, 0.3) is 6.08 Å². The smallest absolute Gasteiger partial charge is 0.251 e. The monoisotopic (exact) mass is 480 g/mol. The van der Waals surface area contributed by atoms with Gasteiger partial charge in [-0.1, -0.05) is 44.0 Å². The predicted molar refractivity (Wildman–Crippen MR) is 128 cm³/mol. The number of benzene rings is 1. The van der Waals surface area contributed by atoms with Crippen LogP contribution < -0.4 is 15.8 Å². The lowest BCUT2D eigenvalue weighted by Crippen LogP contribution is -2.27. The standard InChI is InChI=1S/C23H26Cl2N2O3S/c1-23(2,3)13-6-7-15-17(10-13)31-22(19(15)21(26)29)27-18(28)8-5-12-9-14(24)11-16(25)20(12)30-4/h5,8-9,11,13H,6-7,10H2,1-4H3,(H2,26,29)(H,27,28)/b8-5+/t13-/m0/s1. The molecule has 0 spiro atoms. The molecule has 0 saturated heterocycles. The summed E-state index contributed by atoms with van der Waals surface area (Å²) >= 11 is 13.6. The van der Waals surface area contributed by atoms with Crippen molar-refractivity contribution in [3.63, 3.8) is 0 Å². The number of nitrogens with one attached hydrogen (secondary N) is 1. The van der Waals surface area contributed by atoms with Gasteiger partial charge in [0.05, 0.1) is 17.7 Å². The minimum Gasteiger partial charge on any atom is -0.495 e. The Labute approximate surface area is 196 Å². The second-order valence-corrected chi connectivity index (χ2v) is 10.7. The average Bonchev–Trinajstić information content (AvgIpc) is 3.02. The van der Waals surface area contributed by atoms with Crippen LogP contribution in [0.15, 0.2) is 18.2 Å². The fraction of sp³-hybridized carbons (Fsp3) is 0.391. The first kappa shape index (κ1) is 23.6. The molecule has 2 amide bonds. The van der Waals surface area contributed by atoms with Crippen LogP contribution in [0.2, 0.25) is 10.0 Å². The van der Waals surface area contributed by atoms with E-state index in [-0.39, 0.29) is 11.3 Å². The number of hydrogen-bond donors (Lipinski definition) is 2. The fourth-order valence-electron chi connectivity index (χ4n) is 3.91. The quantitative estimate of drug-likeness (QED) is 0.517. The summed E-state index contributed by atoms with van der Waals surface area (Å²) in [6.07, 6.45) is 5.59. The van der Waals surface area contributed by atoms with Gasteiger partial charge in [0.15, 0.2) is 0 Å². The maximum Gasteiger partial charge on any atom is 0.251 e.